The van der Waals surface area contributed by atoms with Crippen LogP contribution in [0.5, 0.6) is 5.75 Å². The summed E-state index contributed by atoms with van der Waals surface area (Å²) in [6, 6.07) is 16.7. The first kappa shape index (κ1) is 14.2. The van der Waals surface area contributed by atoms with Crippen molar-refractivity contribution in [3.63, 3.8) is 0 Å². The van der Waals surface area contributed by atoms with Crippen molar-refractivity contribution in [2.24, 2.45) is 0 Å². The summed E-state index contributed by atoms with van der Waals surface area (Å²) in [6.45, 7) is 2.18. The highest BCUT2D eigenvalue weighted by Crippen LogP contribution is 2.41. The van der Waals surface area contributed by atoms with Gasteiger partial charge in [0.2, 0.25) is 0 Å². The van der Waals surface area contributed by atoms with Crippen LogP contribution in [0.2, 0.25) is 0 Å². The summed E-state index contributed by atoms with van der Waals surface area (Å²) < 4.78 is 0. The van der Waals surface area contributed by atoms with Crippen LogP contribution in [0.4, 0.5) is 0 Å². The molecule has 1 saturated carbocycles. The van der Waals surface area contributed by atoms with Gasteiger partial charge in [0.15, 0.2) is 0 Å². The first-order valence-corrected chi connectivity index (χ1v) is 8.14. The van der Waals surface area contributed by atoms with Gasteiger partial charge in [0.1, 0.15) is 5.75 Å². The van der Waals surface area contributed by atoms with Crippen molar-refractivity contribution in [3.8, 4) is 5.75 Å². The average molecular weight is 280 g/mol. The van der Waals surface area contributed by atoms with Crippen LogP contribution in [-0.2, 0) is 0 Å². The molecule has 0 heterocycles. The second-order valence-electron chi connectivity index (χ2n) is 6.25. The lowest BCUT2D eigenvalue weighted by molar-refractivity contribution is 0.410. The Bertz CT molecular complexity index is 582. The standard InChI is InChI=1S/C20H24O/c1-15(16-9-4-2-5-10-16)18-13-8-14-19(20(18)21)17-11-6-3-7-12-17/h2,4-5,8-10,13-15,17,21H,3,6-7,11-12H2,1H3. The molecule has 3 rings (SSSR count). The second-order valence-corrected chi connectivity index (χ2v) is 6.25. The lowest BCUT2D eigenvalue weighted by Gasteiger charge is -2.25. The first-order valence-electron chi connectivity index (χ1n) is 8.14. The van der Waals surface area contributed by atoms with Crippen LogP contribution in [0, 0.1) is 0 Å². The van der Waals surface area contributed by atoms with Crippen molar-refractivity contribution in [2.75, 3.05) is 0 Å². The van der Waals surface area contributed by atoms with E-state index >= 15 is 0 Å². The molecule has 1 N–H and O–H groups in total. The molecule has 21 heavy (non-hydrogen) atoms. The van der Waals surface area contributed by atoms with Gasteiger partial charge in [0, 0.05) is 11.5 Å². The Hall–Kier alpha value is -1.76. The molecule has 0 bridgehead atoms. The first-order chi connectivity index (χ1) is 10.3. The predicted octanol–water partition coefficient (Wildman–Crippen LogP) is 5.59. The molecule has 1 nitrogen and oxygen atoms in total. The molecule has 0 radical (unpaired) electrons. The third-order valence-electron chi connectivity index (χ3n) is 4.91. The van der Waals surface area contributed by atoms with Gasteiger partial charge in [0.25, 0.3) is 0 Å². The van der Waals surface area contributed by atoms with Gasteiger partial charge in [-0.2, -0.15) is 0 Å². The number of hydrogen-bond donors (Lipinski definition) is 1. The number of para-hydroxylation sites is 1. The van der Waals surface area contributed by atoms with Gasteiger partial charge < -0.3 is 5.11 Å². The van der Waals surface area contributed by atoms with E-state index in [4.69, 9.17) is 0 Å². The van der Waals surface area contributed by atoms with E-state index in [1.165, 1.54) is 37.7 Å². The molecule has 0 aromatic heterocycles. The highest BCUT2D eigenvalue weighted by atomic mass is 16.3. The Morgan fingerprint density at radius 1 is 0.905 bits per heavy atom. The third-order valence-corrected chi connectivity index (χ3v) is 4.91. The summed E-state index contributed by atoms with van der Waals surface area (Å²) in [5.74, 6) is 1.30. The summed E-state index contributed by atoms with van der Waals surface area (Å²) >= 11 is 0. The zero-order chi connectivity index (χ0) is 14.7. The predicted molar refractivity (Wildman–Crippen MR) is 87.9 cm³/mol. The maximum absolute atomic E-state index is 10.8. The minimum atomic E-state index is 0.231. The summed E-state index contributed by atoms with van der Waals surface area (Å²) in [5, 5.41) is 10.8. The van der Waals surface area contributed by atoms with E-state index in [1.807, 2.05) is 6.07 Å². The lowest BCUT2D eigenvalue weighted by Crippen LogP contribution is -2.06. The molecule has 2 aromatic carbocycles. The van der Waals surface area contributed by atoms with Crippen LogP contribution in [0.15, 0.2) is 48.5 Å². The van der Waals surface area contributed by atoms with E-state index in [-0.39, 0.29) is 5.92 Å². The highest BCUT2D eigenvalue weighted by molar-refractivity contribution is 5.47. The lowest BCUT2D eigenvalue weighted by atomic mass is 9.81. The van der Waals surface area contributed by atoms with Gasteiger partial charge in [0.05, 0.1) is 0 Å². The molecule has 1 unspecified atom stereocenters. The molecule has 1 aliphatic carbocycles. The fourth-order valence-electron chi connectivity index (χ4n) is 3.59. The number of rotatable bonds is 3. The smallest absolute Gasteiger partial charge is 0.122 e. The zero-order valence-electron chi connectivity index (χ0n) is 12.8. The van der Waals surface area contributed by atoms with Crippen molar-refractivity contribution in [2.45, 2.75) is 50.9 Å². The van der Waals surface area contributed by atoms with Crippen molar-refractivity contribution in [1.82, 2.24) is 0 Å². The van der Waals surface area contributed by atoms with E-state index < -0.39 is 0 Å². The highest BCUT2D eigenvalue weighted by Gasteiger charge is 2.21. The summed E-state index contributed by atoms with van der Waals surface area (Å²) in [7, 11) is 0. The van der Waals surface area contributed by atoms with Gasteiger partial charge in [-0.25, -0.2) is 0 Å². The minimum Gasteiger partial charge on any atom is -0.507 e. The van der Waals surface area contributed by atoms with Crippen LogP contribution in [0.1, 0.15) is 67.6 Å². The summed E-state index contributed by atoms with van der Waals surface area (Å²) in [4.78, 5) is 0. The van der Waals surface area contributed by atoms with Crippen LogP contribution >= 0.6 is 0 Å². The van der Waals surface area contributed by atoms with Crippen LogP contribution in [0.25, 0.3) is 0 Å². The number of phenols is 1. The Labute approximate surface area is 127 Å². The average Bonchev–Trinajstić information content (AvgIpc) is 2.56. The van der Waals surface area contributed by atoms with Gasteiger partial charge in [-0.05, 0) is 29.9 Å². The largest absolute Gasteiger partial charge is 0.507 e. The van der Waals surface area contributed by atoms with E-state index in [0.717, 1.165) is 11.1 Å². The van der Waals surface area contributed by atoms with Crippen molar-refractivity contribution >= 4 is 0 Å². The van der Waals surface area contributed by atoms with Crippen LogP contribution < -0.4 is 0 Å². The van der Waals surface area contributed by atoms with Crippen molar-refractivity contribution in [3.05, 3.63) is 65.2 Å². The fourth-order valence-corrected chi connectivity index (χ4v) is 3.59. The molecule has 2 aromatic rings. The third kappa shape index (κ3) is 2.97. The molecular formula is C20H24O. The van der Waals surface area contributed by atoms with Gasteiger partial charge >= 0.3 is 0 Å². The molecule has 0 amide bonds. The molecule has 110 valence electrons. The van der Waals surface area contributed by atoms with E-state index in [0.29, 0.717) is 11.7 Å². The molecule has 0 spiro atoms. The second kappa shape index (κ2) is 6.34. The fraction of sp³-hybridized carbons (Fsp3) is 0.400. The van der Waals surface area contributed by atoms with E-state index in [1.54, 1.807) is 0 Å². The van der Waals surface area contributed by atoms with Gasteiger partial charge in [-0.1, -0.05) is 74.7 Å². The van der Waals surface area contributed by atoms with Crippen molar-refractivity contribution < 1.29 is 5.11 Å². The van der Waals surface area contributed by atoms with Crippen LogP contribution in [0.3, 0.4) is 0 Å². The quantitative estimate of drug-likeness (QED) is 0.776. The maximum Gasteiger partial charge on any atom is 0.122 e. The number of hydrogen-bond acceptors (Lipinski definition) is 1. The molecular weight excluding hydrogens is 256 g/mol. The summed E-state index contributed by atoms with van der Waals surface area (Å²) in [5.41, 5.74) is 3.48. The van der Waals surface area contributed by atoms with Gasteiger partial charge in [-0.3, -0.25) is 0 Å². The Kier molecular flexibility index (Phi) is 4.28. The van der Waals surface area contributed by atoms with Crippen molar-refractivity contribution in [1.29, 1.82) is 0 Å². The number of benzene rings is 2. The normalized spacial score (nSPS) is 17.6. The Balaban J connectivity index is 1.92. The SMILES string of the molecule is CC(c1ccccc1)c1cccc(C2CCCCC2)c1O. The van der Waals surface area contributed by atoms with E-state index in [9.17, 15) is 5.11 Å². The Morgan fingerprint density at radius 3 is 2.33 bits per heavy atom. The Morgan fingerprint density at radius 2 is 1.62 bits per heavy atom. The molecule has 1 heteroatoms. The molecule has 0 aliphatic heterocycles. The zero-order valence-corrected chi connectivity index (χ0v) is 12.8. The van der Waals surface area contributed by atoms with Gasteiger partial charge in [-0.15, -0.1) is 0 Å². The van der Waals surface area contributed by atoms with Crippen LogP contribution in [-0.4, -0.2) is 5.11 Å². The molecule has 1 atom stereocenters. The van der Waals surface area contributed by atoms with E-state index in [2.05, 4.69) is 49.4 Å². The minimum absolute atomic E-state index is 0.231. The molecule has 1 fully saturated rings. The summed E-state index contributed by atoms with van der Waals surface area (Å²) in [6.07, 6.45) is 6.37. The maximum atomic E-state index is 10.8. The number of aromatic hydroxyl groups is 1. The topological polar surface area (TPSA) is 20.2 Å². The monoisotopic (exact) mass is 280 g/mol. The number of phenolic OH excluding ortho intramolecular Hbond substituents is 1. The molecule has 0 saturated heterocycles. The molecule has 1 aliphatic rings.